The topological polar surface area (TPSA) is 32.7 Å². The van der Waals surface area contributed by atoms with Crippen LogP contribution in [0.5, 0.6) is 5.75 Å². The van der Waals surface area contributed by atoms with Crippen LogP contribution in [0.1, 0.15) is 36.8 Å². The van der Waals surface area contributed by atoms with Gasteiger partial charge in [0.1, 0.15) is 5.75 Å². The third-order valence-electron chi connectivity index (χ3n) is 3.87. The fourth-order valence-corrected chi connectivity index (χ4v) is 2.43. The van der Waals surface area contributed by atoms with Gasteiger partial charge in [-0.25, -0.2) is 0 Å². The smallest absolute Gasteiger partial charge is 0.123 e. The first-order chi connectivity index (χ1) is 9.74. The van der Waals surface area contributed by atoms with Gasteiger partial charge in [0.05, 0.1) is 13.7 Å². The fourth-order valence-electron chi connectivity index (χ4n) is 2.43. The molecular formula is C17H23NO2. The Balaban J connectivity index is 2.11. The second-order valence-corrected chi connectivity index (χ2v) is 5.30. The average molecular weight is 273 g/mol. The van der Waals surface area contributed by atoms with E-state index in [1.54, 1.807) is 7.11 Å². The fraction of sp³-hybridized carbons (Fsp3) is 0.529. The van der Waals surface area contributed by atoms with Crippen molar-refractivity contribution in [1.82, 2.24) is 4.90 Å². The summed E-state index contributed by atoms with van der Waals surface area (Å²) in [6, 6.07) is 6.75. The van der Waals surface area contributed by atoms with Gasteiger partial charge < -0.3 is 9.84 Å². The molecule has 0 unspecified atom stereocenters. The zero-order valence-electron chi connectivity index (χ0n) is 12.4. The average Bonchev–Trinajstić information content (AvgIpc) is 2.37. The summed E-state index contributed by atoms with van der Waals surface area (Å²) in [6.45, 7) is 1.00. The zero-order chi connectivity index (χ0) is 14.4. The van der Waals surface area contributed by atoms with Crippen molar-refractivity contribution in [2.45, 2.75) is 38.3 Å². The lowest BCUT2D eigenvalue weighted by Crippen LogP contribution is -2.36. The van der Waals surface area contributed by atoms with Gasteiger partial charge in [-0.1, -0.05) is 18.3 Å². The largest absolute Gasteiger partial charge is 0.496 e. The Morgan fingerprint density at radius 1 is 1.40 bits per heavy atom. The molecule has 1 aromatic rings. The molecule has 0 aliphatic heterocycles. The summed E-state index contributed by atoms with van der Waals surface area (Å²) in [5.74, 6) is 6.96. The van der Waals surface area contributed by atoms with Crippen LogP contribution >= 0.6 is 0 Å². The van der Waals surface area contributed by atoms with E-state index in [-0.39, 0.29) is 6.61 Å². The molecular weight excluding hydrogens is 250 g/mol. The summed E-state index contributed by atoms with van der Waals surface area (Å²) < 4.78 is 5.44. The normalized spacial score (nSPS) is 14.6. The molecule has 1 N–H and O–H groups in total. The predicted octanol–water partition coefficient (Wildman–Crippen LogP) is 2.41. The molecule has 0 atom stereocenters. The zero-order valence-corrected chi connectivity index (χ0v) is 12.4. The molecule has 0 amide bonds. The second kappa shape index (κ2) is 7.33. The van der Waals surface area contributed by atoms with E-state index < -0.39 is 0 Å². The second-order valence-electron chi connectivity index (χ2n) is 5.30. The maximum Gasteiger partial charge on any atom is 0.123 e. The minimum absolute atomic E-state index is 0.112. The first-order valence-electron chi connectivity index (χ1n) is 7.21. The summed E-state index contributed by atoms with van der Waals surface area (Å²) in [5.41, 5.74) is 2.16. The van der Waals surface area contributed by atoms with Crippen molar-refractivity contribution in [2.75, 3.05) is 20.8 Å². The van der Waals surface area contributed by atoms with E-state index >= 15 is 0 Å². The standard InChI is InChI=1S/C17H23NO2/c1-18(16-7-5-8-16)13-15-12-14(6-3-4-11-19)9-10-17(15)20-2/h9-10,12,16,19H,4-5,7-8,11,13H2,1-2H3. The Kier molecular flexibility index (Phi) is 5.46. The van der Waals surface area contributed by atoms with Crippen LogP contribution in [0.3, 0.4) is 0 Å². The predicted molar refractivity (Wildman–Crippen MR) is 80.7 cm³/mol. The van der Waals surface area contributed by atoms with Crippen LogP contribution in [0.15, 0.2) is 18.2 Å². The molecule has 3 nitrogen and oxygen atoms in total. The number of rotatable bonds is 5. The molecule has 0 radical (unpaired) electrons. The highest BCUT2D eigenvalue weighted by atomic mass is 16.5. The van der Waals surface area contributed by atoms with Crippen molar-refractivity contribution < 1.29 is 9.84 Å². The minimum Gasteiger partial charge on any atom is -0.496 e. The summed E-state index contributed by atoms with van der Waals surface area (Å²) >= 11 is 0. The van der Waals surface area contributed by atoms with E-state index in [1.165, 1.54) is 24.8 Å². The minimum atomic E-state index is 0.112. The lowest BCUT2D eigenvalue weighted by Gasteiger charge is -2.35. The molecule has 1 saturated carbocycles. The molecule has 0 spiro atoms. The van der Waals surface area contributed by atoms with E-state index in [9.17, 15) is 0 Å². The SMILES string of the molecule is COc1ccc(C#CCCO)cc1CN(C)C1CCC1. The molecule has 3 heteroatoms. The van der Waals surface area contributed by atoms with Gasteiger partial charge in [-0.15, -0.1) is 0 Å². The summed E-state index contributed by atoms with van der Waals surface area (Å²) in [6.07, 6.45) is 4.46. The third-order valence-corrected chi connectivity index (χ3v) is 3.87. The molecule has 2 rings (SSSR count). The Bertz CT molecular complexity index is 497. The summed E-state index contributed by atoms with van der Waals surface area (Å²) in [5, 5.41) is 8.77. The Morgan fingerprint density at radius 3 is 2.80 bits per heavy atom. The number of methoxy groups -OCH3 is 1. The van der Waals surface area contributed by atoms with E-state index in [4.69, 9.17) is 9.84 Å². The molecule has 20 heavy (non-hydrogen) atoms. The highest BCUT2D eigenvalue weighted by molar-refractivity contribution is 5.44. The van der Waals surface area contributed by atoms with Gasteiger partial charge in [0, 0.05) is 30.1 Å². The lowest BCUT2D eigenvalue weighted by molar-refractivity contribution is 0.151. The number of hydrogen-bond donors (Lipinski definition) is 1. The highest BCUT2D eigenvalue weighted by Gasteiger charge is 2.22. The van der Waals surface area contributed by atoms with E-state index in [2.05, 4.69) is 29.9 Å². The van der Waals surface area contributed by atoms with Crippen molar-refractivity contribution in [3.8, 4) is 17.6 Å². The maximum absolute atomic E-state index is 8.77. The first kappa shape index (κ1) is 14.9. The van der Waals surface area contributed by atoms with Gasteiger partial charge in [-0.3, -0.25) is 4.90 Å². The van der Waals surface area contributed by atoms with Crippen LogP contribution in [-0.4, -0.2) is 36.8 Å². The van der Waals surface area contributed by atoms with Gasteiger partial charge in [-0.2, -0.15) is 0 Å². The lowest BCUT2D eigenvalue weighted by atomic mass is 9.91. The summed E-state index contributed by atoms with van der Waals surface area (Å²) in [4.78, 5) is 2.40. The number of ether oxygens (including phenoxy) is 1. The number of hydrogen-bond acceptors (Lipinski definition) is 3. The van der Waals surface area contributed by atoms with E-state index in [1.807, 2.05) is 12.1 Å². The van der Waals surface area contributed by atoms with Crippen LogP contribution in [0.4, 0.5) is 0 Å². The van der Waals surface area contributed by atoms with Gasteiger partial charge in [0.25, 0.3) is 0 Å². The Hall–Kier alpha value is -1.50. The van der Waals surface area contributed by atoms with Crippen LogP contribution in [0.25, 0.3) is 0 Å². The van der Waals surface area contributed by atoms with Crippen LogP contribution < -0.4 is 4.74 Å². The van der Waals surface area contributed by atoms with Gasteiger partial charge >= 0.3 is 0 Å². The van der Waals surface area contributed by atoms with Crippen molar-refractivity contribution >= 4 is 0 Å². The van der Waals surface area contributed by atoms with Gasteiger partial charge in [-0.05, 0) is 38.1 Å². The number of benzene rings is 1. The third kappa shape index (κ3) is 3.75. The Morgan fingerprint density at radius 2 is 2.20 bits per heavy atom. The molecule has 0 heterocycles. The molecule has 1 aliphatic carbocycles. The monoisotopic (exact) mass is 273 g/mol. The molecule has 108 valence electrons. The van der Waals surface area contributed by atoms with Crippen molar-refractivity contribution in [3.05, 3.63) is 29.3 Å². The molecule has 1 fully saturated rings. The van der Waals surface area contributed by atoms with E-state index in [0.29, 0.717) is 12.5 Å². The molecule has 0 aromatic heterocycles. The van der Waals surface area contributed by atoms with Gasteiger partial charge in [0.2, 0.25) is 0 Å². The van der Waals surface area contributed by atoms with Crippen molar-refractivity contribution in [1.29, 1.82) is 0 Å². The van der Waals surface area contributed by atoms with Crippen molar-refractivity contribution in [3.63, 3.8) is 0 Å². The number of aliphatic hydroxyl groups is 1. The number of nitrogens with zero attached hydrogens (tertiary/aromatic N) is 1. The highest BCUT2D eigenvalue weighted by Crippen LogP contribution is 2.27. The molecule has 1 aliphatic rings. The molecule has 0 bridgehead atoms. The quantitative estimate of drug-likeness (QED) is 0.836. The molecule has 1 aromatic carbocycles. The summed E-state index contributed by atoms with van der Waals surface area (Å²) in [7, 11) is 3.88. The van der Waals surface area contributed by atoms with Crippen LogP contribution in [0, 0.1) is 11.8 Å². The maximum atomic E-state index is 8.77. The molecule has 0 saturated heterocycles. The van der Waals surface area contributed by atoms with Crippen LogP contribution in [0.2, 0.25) is 0 Å². The van der Waals surface area contributed by atoms with Crippen LogP contribution in [-0.2, 0) is 6.54 Å². The first-order valence-corrected chi connectivity index (χ1v) is 7.21. The van der Waals surface area contributed by atoms with Gasteiger partial charge in [0.15, 0.2) is 0 Å². The Labute approximate surface area is 121 Å². The van der Waals surface area contributed by atoms with E-state index in [0.717, 1.165) is 17.9 Å². The van der Waals surface area contributed by atoms with Crippen molar-refractivity contribution in [2.24, 2.45) is 0 Å². The number of aliphatic hydroxyl groups excluding tert-OH is 1.